The molecule has 0 spiro atoms. The fourth-order valence-electron chi connectivity index (χ4n) is 4.30. The van der Waals surface area contributed by atoms with E-state index in [9.17, 15) is 18.3 Å². The van der Waals surface area contributed by atoms with Crippen LogP contribution in [0.1, 0.15) is 44.9 Å². The van der Waals surface area contributed by atoms with E-state index in [2.05, 4.69) is 4.72 Å². The number of fused-ring (bicyclic) bond motifs is 2. The van der Waals surface area contributed by atoms with Crippen molar-refractivity contribution >= 4 is 16.0 Å². The SMILES string of the molecule is O=C(O)C1C2CCC(C2)C1NS(=O)(=O)C1CCCC1. The van der Waals surface area contributed by atoms with Crippen LogP contribution in [0.15, 0.2) is 0 Å². The van der Waals surface area contributed by atoms with E-state index in [4.69, 9.17) is 0 Å². The Balaban J connectivity index is 1.76. The average molecular weight is 287 g/mol. The van der Waals surface area contributed by atoms with Gasteiger partial charge in [-0.15, -0.1) is 0 Å². The van der Waals surface area contributed by atoms with Crippen LogP contribution in [-0.2, 0) is 14.8 Å². The monoisotopic (exact) mass is 287 g/mol. The number of hydrogen-bond acceptors (Lipinski definition) is 3. The van der Waals surface area contributed by atoms with E-state index in [0.29, 0.717) is 12.8 Å². The lowest BCUT2D eigenvalue weighted by molar-refractivity contribution is -0.144. The molecule has 0 aromatic rings. The summed E-state index contributed by atoms with van der Waals surface area (Å²) >= 11 is 0. The highest BCUT2D eigenvalue weighted by Gasteiger charge is 2.52. The number of nitrogens with one attached hydrogen (secondary N) is 1. The molecule has 0 heterocycles. The average Bonchev–Trinajstić information content (AvgIpc) is 3.05. The van der Waals surface area contributed by atoms with Crippen molar-refractivity contribution in [3.8, 4) is 0 Å². The lowest BCUT2D eigenvalue weighted by atomic mass is 9.85. The molecule has 0 aromatic heterocycles. The third-order valence-corrected chi connectivity index (χ3v) is 7.19. The lowest BCUT2D eigenvalue weighted by Crippen LogP contribution is -2.49. The summed E-state index contributed by atoms with van der Waals surface area (Å²) in [7, 11) is -3.35. The third-order valence-electron chi connectivity index (χ3n) is 5.24. The summed E-state index contributed by atoms with van der Waals surface area (Å²) in [6, 6.07) is -0.373. The first-order chi connectivity index (χ1) is 8.99. The van der Waals surface area contributed by atoms with E-state index < -0.39 is 21.9 Å². The Morgan fingerprint density at radius 2 is 1.68 bits per heavy atom. The van der Waals surface area contributed by atoms with Crippen LogP contribution in [0.4, 0.5) is 0 Å². The molecule has 19 heavy (non-hydrogen) atoms. The Kier molecular flexibility index (Phi) is 3.33. The first kappa shape index (κ1) is 13.4. The van der Waals surface area contributed by atoms with Crippen molar-refractivity contribution in [2.45, 2.75) is 56.2 Å². The molecule has 3 fully saturated rings. The standard InChI is InChI=1S/C13H21NO4S/c15-13(16)11-8-5-6-9(7-8)12(11)14-19(17,18)10-3-1-2-4-10/h8-12,14H,1-7H2,(H,15,16). The molecule has 0 saturated heterocycles. The number of carbonyl (C=O) groups is 1. The number of carboxylic acids is 1. The van der Waals surface area contributed by atoms with Gasteiger partial charge in [-0.2, -0.15) is 0 Å². The Hall–Kier alpha value is -0.620. The molecule has 0 radical (unpaired) electrons. The van der Waals surface area contributed by atoms with Gasteiger partial charge < -0.3 is 5.11 Å². The first-order valence-electron chi connectivity index (χ1n) is 7.23. The molecule has 4 unspecified atom stereocenters. The minimum atomic E-state index is -3.35. The Morgan fingerprint density at radius 3 is 2.32 bits per heavy atom. The second kappa shape index (κ2) is 4.74. The predicted octanol–water partition coefficient (Wildman–Crippen LogP) is 1.35. The van der Waals surface area contributed by atoms with E-state index in [1.807, 2.05) is 0 Å². The Morgan fingerprint density at radius 1 is 1.05 bits per heavy atom. The van der Waals surface area contributed by atoms with Gasteiger partial charge in [0.1, 0.15) is 0 Å². The zero-order valence-corrected chi connectivity index (χ0v) is 11.7. The fraction of sp³-hybridized carbons (Fsp3) is 0.923. The Bertz CT molecular complexity index is 469. The van der Waals surface area contributed by atoms with E-state index in [-0.39, 0.29) is 23.1 Å². The summed E-state index contributed by atoms with van der Waals surface area (Å²) in [5, 5.41) is 9.03. The zero-order chi connectivity index (χ0) is 13.6. The zero-order valence-electron chi connectivity index (χ0n) is 10.9. The molecule has 5 nitrogen and oxygen atoms in total. The predicted molar refractivity (Wildman–Crippen MR) is 70.1 cm³/mol. The van der Waals surface area contributed by atoms with E-state index in [1.165, 1.54) is 0 Å². The molecule has 0 aliphatic heterocycles. The highest BCUT2D eigenvalue weighted by molar-refractivity contribution is 7.90. The second-order valence-electron chi connectivity index (χ2n) is 6.29. The molecule has 4 atom stereocenters. The normalized spacial score (nSPS) is 38.9. The van der Waals surface area contributed by atoms with Crippen LogP contribution in [0.25, 0.3) is 0 Å². The van der Waals surface area contributed by atoms with Crippen molar-refractivity contribution in [1.82, 2.24) is 4.72 Å². The molecule has 3 aliphatic carbocycles. The van der Waals surface area contributed by atoms with Crippen LogP contribution in [-0.4, -0.2) is 30.8 Å². The molecule has 3 saturated carbocycles. The van der Waals surface area contributed by atoms with Gasteiger partial charge in [-0.25, -0.2) is 13.1 Å². The van der Waals surface area contributed by atoms with Crippen LogP contribution < -0.4 is 4.72 Å². The molecule has 0 amide bonds. The summed E-state index contributed by atoms with van der Waals surface area (Å²) in [6.45, 7) is 0. The van der Waals surface area contributed by atoms with Gasteiger partial charge >= 0.3 is 5.97 Å². The maximum atomic E-state index is 12.3. The third kappa shape index (κ3) is 2.29. The van der Waals surface area contributed by atoms with Gasteiger partial charge in [-0.05, 0) is 43.9 Å². The largest absolute Gasteiger partial charge is 0.481 e. The summed E-state index contributed by atoms with van der Waals surface area (Å²) in [5.74, 6) is -0.970. The Labute approximate surface area is 113 Å². The van der Waals surface area contributed by atoms with E-state index in [1.54, 1.807) is 0 Å². The molecule has 2 bridgehead atoms. The molecule has 0 aromatic carbocycles. The van der Waals surface area contributed by atoms with Crippen LogP contribution in [0.5, 0.6) is 0 Å². The van der Waals surface area contributed by atoms with E-state index >= 15 is 0 Å². The number of hydrogen-bond donors (Lipinski definition) is 2. The van der Waals surface area contributed by atoms with Gasteiger partial charge in [-0.3, -0.25) is 4.79 Å². The first-order valence-corrected chi connectivity index (χ1v) is 8.77. The molecule has 6 heteroatoms. The van der Waals surface area contributed by atoms with Crippen molar-refractivity contribution in [2.24, 2.45) is 17.8 Å². The topological polar surface area (TPSA) is 83.5 Å². The van der Waals surface area contributed by atoms with Crippen LogP contribution in [0.3, 0.4) is 0 Å². The summed E-state index contributed by atoms with van der Waals surface area (Å²) in [4.78, 5) is 11.4. The molecule has 3 rings (SSSR count). The quantitative estimate of drug-likeness (QED) is 0.817. The lowest BCUT2D eigenvalue weighted by Gasteiger charge is -2.29. The van der Waals surface area contributed by atoms with Crippen molar-refractivity contribution in [1.29, 1.82) is 0 Å². The van der Waals surface area contributed by atoms with Gasteiger partial charge in [-0.1, -0.05) is 12.8 Å². The minimum absolute atomic E-state index is 0.166. The highest BCUT2D eigenvalue weighted by Crippen LogP contribution is 2.49. The molecule has 3 aliphatic rings. The van der Waals surface area contributed by atoms with Crippen LogP contribution >= 0.6 is 0 Å². The van der Waals surface area contributed by atoms with Gasteiger partial charge in [0.15, 0.2) is 0 Å². The van der Waals surface area contributed by atoms with Crippen molar-refractivity contribution < 1.29 is 18.3 Å². The molecular weight excluding hydrogens is 266 g/mol. The summed E-state index contributed by atoms with van der Waals surface area (Å²) in [6.07, 6.45) is 6.13. The van der Waals surface area contributed by atoms with Gasteiger partial charge in [0.05, 0.1) is 11.2 Å². The highest BCUT2D eigenvalue weighted by atomic mass is 32.2. The number of rotatable bonds is 4. The van der Waals surface area contributed by atoms with Crippen LogP contribution in [0.2, 0.25) is 0 Å². The molecule has 2 N–H and O–H groups in total. The van der Waals surface area contributed by atoms with Crippen molar-refractivity contribution in [3.63, 3.8) is 0 Å². The smallest absolute Gasteiger partial charge is 0.308 e. The van der Waals surface area contributed by atoms with Crippen molar-refractivity contribution in [3.05, 3.63) is 0 Å². The van der Waals surface area contributed by atoms with E-state index in [0.717, 1.165) is 32.1 Å². The number of carboxylic acid groups (broad SMARTS) is 1. The maximum Gasteiger partial charge on any atom is 0.308 e. The molecular formula is C13H21NO4S. The fourth-order valence-corrected chi connectivity index (χ4v) is 6.17. The second-order valence-corrected chi connectivity index (χ2v) is 8.28. The van der Waals surface area contributed by atoms with Gasteiger partial charge in [0, 0.05) is 6.04 Å². The minimum Gasteiger partial charge on any atom is -0.481 e. The summed E-state index contributed by atoms with van der Waals surface area (Å²) < 4.78 is 27.4. The van der Waals surface area contributed by atoms with Crippen molar-refractivity contribution in [2.75, 3.05) is 0 Å². The number of sulfonamides is 1. The van der Waals surface area contributed by atoms with Gasteiger partial charge in [0.25, 0.3) is 0 Å². The molecule has 108 valence electrons. The maximum absolute atomic E-state index is 12.3. The summed E-state index contributed by atoms with van der Waals surface area (Å²) in [5.41, 5.74) is 0. The van der Waals surface area contributed by atoms with Gasteiger partial charge in [0.2, 0.25) is 10.0 Å². The van der Waals surface area contributed by atoms with Crippen LogP contribution in [0, 0.1) is 17.8 Å². The number of aliphatic carboxylic acids is 1.